The molecular formula is C12H7ClO. The van der Waals surface area contributed by atoms with Crippen molar-refractivity contribution < 1.29 is 8.53 Å². The molecule has 1 aromatic heterocycles. The molecule has 1 heterocycles. The molecule has 0 saturated heterocycles. The number of furan rings is 1. The van der Waals surface area contributed by atoms with Gasteiger partial charge in [-0.15, -0.1) is 0 Å². The summed E-state index contributed by atoms with van der Waals surface area (Å²) in [5.74, 6) is 0. The van der Waals surface area contributed by atoms with Crippen molar-refractivity contribution in [2.75, 3.05) is 0 Å². The monoisotopic (exact) mass is 205 g/mol. The topological polar surface area (TPSA) is 13.1 Å². The molecule has 0 bridgehead atoms. The number of rotatable bonds is 0. The molecule has 3 rings (SSSR count). The lowest BCUT2D eigenvalue weighted by Crippen LogP contribution is -1.65. The first kappa shape index (κ1) is 5.42. The van der Waals surface area contributed by atoms with E-state index in [1.165, 1.54) is 0 Å². The molecule has 0 N–H and O–H groups in total. The van der Waals surface area contributed by atoms with Crippen LogP contribution in [0.2, 0.25) is 5.02 Å². The largest absolute Gasteiger partial charge is 0.456 e. The Balaban J connectivity index is 2.67. The van der Waals surface area contributed by atoms with Gasteiger partial charge in [0.2, 0.25) is 0 Å². The van der Waals surface area contributed by atoms with Crippen LogP contribution >= 0.6 is 11.6 Å². The third kappa shape index (κ3) is 1.03. The molecule has 0 radical (unpaired) electrons. The number of para-hydroxylation sites is 1. The van der Waals surface area contributed by atoms with Gasteiger partial charge in [0.15, 0.2) is 0 Å². The van der Waals surface area contributed by atoms with Crippen molar-refractivity contribution in [2.45, 2.75) is 0 Å². The maximum absolute atomic E-state index is 7.93. The molecule has 0 aliphatic rings. The molecule has 2 heteroatoms. The van der Waals surface area contributed by atoms with Crippen molar-refractivity contribution in [1.29, 1.82) is 0 Å². The zero-order chi connectivity index (χ0) is 12.2. The lowest BCUT2D eigenvalue weighted by atomic mass is 10.2. The molecule has 68 valence electrons. The van der Waals surface area contributed by atoms with E-state index in [1.807, 2.05) is 18.2 Å². The fourth-order valence-corrected chi connectivity index (χ4v) is 1.65. The summed E-state index contributed by atoms with van der Waals surface area (Å²) in [6.45, 7) is 0. The standard InChI is InChI=1S/C12H7ClO/c13-8-5-6-12-10(7-8)9-3-1-2-4-11(9)14-12/h1-7H/i5D,6D,7D. The summed E-state index contributed by atoms with van der Waals surface area (Å²) in [5.41, 5.74) is 0.858. The molecule has 0 fully saturated rings. The summed E-state index contributed by atoms with van der Waals surface area (Å²) in [4.78, 5) is 0. The summed E-state index contributed by atoms with van der Waals surface area (Å²) in [7, 11) is 0. The molecule has 14 heavy (non-hydrogen) atoms. The minimum absolute atomic E-state index is 0.00551. The van der Waals surface area contributed by atoms with Crippen LogP contribution in [0, 0.1) is 0 Å². The first-order chi connectivity index (χ1) is 8.11. The lowest BCUT2D eigenvalue weighted by molar-refractivity contribution is 0.669. The maximum Gasteiger partial charge on any atom is 0.135 e. The van der Waals surface area contributed by atoms with Crippen LogP contribution in [0.3, 0.4) is 0 Å². The molecule has 0 spiro atoms. The Labute approximate surface area is 90.1 Å². The Hall–Kier alpha value is -1.47. The van der Waals surface area contributed by atoms with Gasteiger partial charge in [0.25, 0.3) is 0 Å². The fourth-order valence-electron chi connectivity index (χ4n) is 1.51. The van der Waals surface area contributed by atoms with E-state index in [0.717, 1.165) is 5.39 Å². The molecule has 3 aromatic rings. The molecule has 2 aromatic carbocycles. The van der Waals surface area contributed by atoms with Crippen LogP contribution in [0.1, 0.15) is 4.11 Å². The van der Waals surface area contributed by atoms with Gasteiger partial charge >= 0.3 is 0 Å². The van der Waals surface area contributed by atoms with Crippen molar-refractivity contribution in [3.8, 4) is 0 Å². The predicted molar refractivity (Wildman–Crippen MR) is 58.7 cm³/mol. The van der Waals surface area contributed by atoms with Crippen LogP contribution in [0.5, 0.6) is 0 Å². The third-order valence-electron chi connectivity index (χ3n) is 2.12. The quantitative estimate of drug-likeness (QED) is 0.535. The van der Waals surface area contributed by atoms with Crippen LogP contribution < -0.4 is 0 Å². The van der Waals surface area contributed by atoms with Crippen molar-refractivity contribution in [2.24, 2.45) is 0 Å². The Bertz CT molecular complexity index is 748. The average molecular weight is 206 g/mol. The Kier molecular flexibility index (Phi) is 1.07. The van der Waals surface area contributed by atoms with Gasteiger partial charge in [0.1, 0.15) is 11.2 Å². The third-order valence-corrected chi connectivity index (χ3v) is 2.30. The summed E-state index contributed by atoms with van der Waals surface area (Å²) in [6.07, 6.45) is 0. The number of hydrogen-bond donors (Lipinski definition) is 0. The Morgan fingerprint density at radius 3 is 2.86 bits per heavy atom. The fraction of sp³-hybridized carbons (Fsp3) is 0. The molecule has 0 atom stereocenters. The highest BCUT2D eigenvalue weighted by Crippen LogP contribution is 2.30. The van der Waals surface area contributed by atoms with E-state index in [9.17, 15) is 0 Å². The zero-order valence-electron chi connectivity index (χ0n) is 10.1. The molecular weight excluding hydrogens is 196 g/mol. The van der Waals surface area contributed by atoms with Gasteiger partial charge in [-0.05, 0) is 24.2 Å². The molecule has 0 saturated carbocycles. The van der Waals surface area contributed by atoms with E-state index >= 15 is 0 Å². The second-order valence-electron chi connectivity index (χ2n) is 2.99. The number of fused-ring (bicyclic) bond motifs is 3. The Morgan fingerprint density at radius 1 is 1.07 bits per heavy atom. The highest BCUT2D eigenvalue weighted by atomic mass is 35.5. The van der Waals surface area contributed by atoms with Crippen LogP contribution in [0.4, 0.5) is 0 Å². The van der Waals surface area contributed by atoms with E-state index in [1.54, 1.807) is 6.07 Å². The molecule has 0 amide bonds. The van der Waals surface area contributed by atoms with Crippen LogP contribution in [0.15, 0.2) is 46.8 Å². The van der Waals surface area contributed by atoms with E-state index in [2.05, 4.69) is 0 Å². The summed E-state index contributed by atoms with van der Waals surface area (Å²) >= 11 is 5.88. The summed E-state index contributed by atoms with van der Waals surface area (Å²) < 4.78 is 28.9. The van der Waals surface area contributed by atoms with Crippen LogP contribution in [0.25, 0.3) is 21.9 Å². The van der Waals surface area contributed by atoms with Gasteiger partial charge in [0.05, 0.1) is 4.11 Å². The summed E-state index contributed by atoms with van der Waals surface area (Å²) in [6, 6.07) is 7.06. The van der Waals surface area contributed by atoms with Crippen molar-refractivity contribution in [3.63, 3.8) is 0 Å². The van der Waals surface area contributed by atoms with Gasteiger partial charge in [-0.3, -0.25) is 0 Å². The Morgan fingerprint density at radius 2 is 1.93 bits per heavy atom. The minimum atomic E-state index is -0.164. The molecule has 0 unspecified atom stereocenters. The molecule has 0 aliphatic carbocycles. The highest BCUT2D eigenvalue weighted by Gasteiger charge is 2.05. The van der Waals surface area contributed by atoms with Gasteiger partial charge in [-0.25, -0.2) is 0 Å². The van der Waals surface area contributed by atoms with E-state index in [4.69, 9.17) is 20.1 Å². The van der Waals surface area contributed by atoms with E-state index < -0.39 is 0 Å². The smallest absolute Gasteiger partial charge is 0.135 e. The van der Waals surface area contributed by atoms with Gasteiger partial charge < -0.3 is 4.42 Å². The number of hydrogen-bond acceptors (Lipinski definition) is 1. The molecule has 0 aliphatic heterocycles. The molecule has 1 nitrogen and oxygen atoms in total. The lowest BCUT2D eigenvalue weighted by Gasteiger charge is -1.89. The van der Waals surface area contributed by atoms with E-state index in [-0.39, 0.29) is 28.7 Å². The van der Waals surface area contributed by atoms with Gasteiger partial charge in [-0.2, -0.15) is 0 Å². The second kappa shape index (κ2) is 2.76. The summed E-state index contributed by atoms with van der Waals surface area (Å²) in [5, 5.41) is 1.25. The second-order valence-corrected chi connectivity index (χ2v) is 3.37. The first-order valence-corrected chi connectivity index (χ1v) is 4.55. The number of benzene rings is 2. The van der Waals surface area contributed by atoms with Gasteiger partial charge in [-0.1, -0.05) is 29.8 Å². The zero-order valence-corrected chi connectivity index (χ0v) is 7.85. The highest BCUT2D eigenvalue weighted by molar-refractivity contribution is 6.31. The predicted octanol–water partition coefficient (Wildman–Crippen LogP) is 4.24. The minimum Gasteiger partial charge on any atom is -0.456 e. The normalized spacial score (nSPS) is 14.2. The number of halogens is 1. The average Bonchev–Trinajstić information content (AvgIpc) is 2.73. The van der Waals surface area contributed by atoms with Crippen molar-refractivity contribution in [1.82, 2.24) is 0 Å². The van der Waals surface area contributed by atoms with Crippen LogP contribution in [-0.2, 0) is 0 Å². The van der Waals surface area contributed by atoms with Crippen molar-refractivity contribution in [3.05, 3.63) is 47.4 Å². The van der Waals surface area contributed by atoms with Crippen molar-refractivity contribution >= 4 is 33.5 Å². The van der Waals surface area contributed by atoms with Gasteiger partial charge in [0, 0.05) is 15.8 Å². The SMILES string of the molecule is [2H]c1c(Cl)c([2H])c2c(oc3ccccc32)c1[2H]. The first-order valence-electron chi connectivity index (χ1n) is 5.67. The van der Waals surface area contributed by atoms with Crippen LogP contribution in [-0.4, -0.2) is 0 Å². The maximum atomic E-state index is 7.93. The van der Waals surface area contributed by atoms with E-state index in [0.29, 0.717) is 11.0 Å².